The van der Waals surface area contributed by atoms with Crippen LogP contribution in [0, 0.1) is 0 Å². The van der Waals surface area contributed by atoms with E-state index in [0.29, 0.717) is 11.3 Å². The smallest absolute Gasteiger partial charge is 0.339 e. The zero-order valence-electron chi connectivity index (χ0n) is 14.1. The molecule has 0 fully saturated rings. The Morgan fingerprint density at radius 1 is 1.00 bits per heavy atom. The lowest BCUT2D eigenvalue weighted by Gasteiger charge is -2.11. The van der Waals surface area contributed by atoms with Gasteiger partial charge in [-0.2, -0.15) is 0 Å². The van der Waals surface area contributed by atoms with E-state index in [4.69, 9.17) is 9.47 Å². The Hall–Kier alpha value is -3.15. The average Bonchev–Trinajstić information content (AvgIpc) is 2.61. The lowest BCUT2D eigenvalue weighted by atomic mass is 10.0. The quantitative estimate of drug-likeness (QED) is 0.642. The SMILES string of the molecule is CCOC(=O)c1cccc(/C=N\c2ccc(O)cc2)c1C(=O)OCC. The minimum absolute atomic E-state index is 0.116. The highest BCUT2D eigenvalue weighted by Crippen LogP contribution is 2.20. The number of esters is 2. The highest BCUT2D eigenvalue weighted by Gasteiger charge is 2.22. The molecule has 6 heteroatoms. The molecule has 2 rings (SSSR count). The van der Waals surface area contributed by atoms with E-state index < -0.39 is 11.9 Å². The van der Waals surface area contributed by atoms with E-state index in [1.807, 2.05) is 0 Å². The average molecular weight is 341 g/mol. The van der Waals surface area contributed by atoms with Gasteiger partial charge < -0.3 is 14.6 Å². The molecule has 25 heavy (non-hydrogen) atoms. The number of rotatable bonds is 6. The third-order valence-electron chi connectivity index (χ3n) is 3.27. The van der Waals surface area contributed by atoms with Gasteiger partial charge in [0.25, 0.3) is 0 Å². The fourth-order valence-corrected chi connectivity index (χ4v) is 2.17. The number of hydrogen-bond donors (Lipinski definition) is 1. The Bertz CT molecular complexity index is 781. The van der Waals surface area contributed by atoms with Crippen LogP contribution in [-0.2, 0) is 9.47 Å². The van der Waals surface area contributed by atoms with Gasteiger partial charge in [0.2, 0.25) is 0 Å². The predicted octanol–water partition coefficient (Wildman–Crippen LogP) is 3.50. The molecule has 0 aromatic heterocycles. The lowest BCUT2D eigenvalue weighted by molar-refractivity contribution is 0.0479. The molecule has 6 nitrogen and oxygen atoms in total. The van der Waals surface area contributed by atoms with Crippen molar-refractivity contribution in [1.29, 1.82) is 0 Å². The Balaban J connectivity index is 2.45. The van der Waals surface area contributed by atoms with Gasteiger partial charge in [-0.15, -0.1) is 0 Å². The molecule has 0 aliphatic heterocycles. The van der Waals surface area contributed by atoms with E-state index >= 15 is 0 Å². The highest BCUT2D eigenvalue weighted by atomic mass is 16.5. The molecule has 0 aliphatic carbocycles. The molecule has 0 amide bonds. The second-order valence-electron chi connectivity index (χ2n) is 4.99. The van der Waals surface area contributed by atoms with Crippen LogP contribution in [0.2, 0.25) is 0 Å². The van der Waals surface area contributed by atoms with Crippen LogP contribution >= 0.6 is 0 Å². The van der Waals surface area contributed by atoms with Crippen LogP contribution in [-0.4, -0.2) is 36.5 Å². The highest BCUT2D eigenvalue weighted by molar-refractivity contribution is 6.08. The number of aromatic hydroxyl groups is 1. The van der Waals surface area contributed by atoms with Crippen LogP contribution in [0.25, 0.3) is 0 Å². The first kappa shape index (κ1) is 18.2. The largest absolute Gasteiger partial charge is 0.508 e. The van der Waals surface area contributed by atoms with Crippen LogP contribution < -0.4 is 0 Å². The molecule has 0 saturated heterocycles. The van der Waals surface area contributed by atoms with Gasteiger partial charge in [0.05, 0.1) is 30.0 Å². The molecule has 0 spiro atoms. The van der Waals surface area contributed by atoms with Crippen LogP contribution in [0.15, 0.2) is 47.5 Å². The molecule has 0 heterocycles. The molecule has 0 bridgehead atoms. The summed E-state index contributed by atoms with van der Waals surface area (Å²) in [4.78, 5) is 28.7. The monoisotopic (exact) mass is 341 g/mol. The molecule has 0 unspecified atom stereocenters. The first-order valence-electron chi connectivity index (χ1n) is 7.87. The van der Waals surface area contributed by atoms with Crippen LogP contribution in [0.1, 0.15) is 40.1 Å². The van der Waals surface area contributed by atoms with E-state index in [9.17, 15) is 14.7 Å². The molecular formula is C19H19NO5. The summed E-state index contributed by atoms with van der Waals surface area (Å²) in [7, 11) is 0. The number of aliphatic imine (C=N–C) groups is 1. The second kappa shape index (κ2) is 8.63. The first-order valence-corrected chi connectivity index (χ1v) is 7.87. The minimum atomic E-state index is -0.613. The van der Waals surface area contributed by atoms with E-state index in [1.54, 1.807) is 38.1 Å². The number of ether oxygens (including phenoxy) is 2. The number of carbonyl (C=O) groups excluding carboxylic acids is 2. The maximum absolute atomic E-state index is 12.3. The van der Waals surface area contributed by atoms with Crippen molar-refractivity contribution in [2.45, 2.75) is 13.8 Å². The van der Waals surface area contributed by atoms with Crippen LogP contribution in [0.3, 0.4) is 0 Å². The number of nitrogens with zero attached hydrogens (tertiary/aromatic N) is 1. The normalized spacial score (nSPS) is 10.6. The zero-order chi connectivity index (χ0) is 18.2. The zero-order valence-corrected chi connectivity index (χ0v) is 14.1. The van der Waals surface area contributed by atoms with Crippen molar-refractivity contribution < 1.29 is 24.2 Å². The number of benzene rings is 2. The molecular weight excluding hydrogens is 322 g/mol. The molecule has 130 valence electrons. The summed E-state index contributed by atoms with van der Waals surface area (Å²) in [6.45, 7) is 3.77. The fourth-order valence-electron chi connectivity index (χ4n) is 2.17. The van der Waals surface area contributed by atoms with Gasteiger partial charge in [-0.1, -0.05) is 12.1 Å². The lowest BCUT2D eigenvalue weighted by Crippen LogP contribution is -2.16. The Morgan fingerprint density at radius 3 is 2.28 bits per heavy atom. The van der Waals surface area contributed by atoms with Gasteiger partial charge in [0.15, 0.2) is 0 Å². The van der Waals surface area contributed by atoms with Gasteiger partial charge in [-0.3, -0.25) is 4.99 Å². The summed E-state index contributed by atoms with van der Waals surface area (Å²) in [5.74, 6) is -1.07. The van der Waals surface area contributed by atoms with Gasteiger partial charge in [-0.05, 0) is 44.2 Å². The number of phenols is 1. The fraction of sp³-hybridized carbons (Fsp3) is 0.211. The summed E-state index contributed by atoms with van der Waals surface area (Å²) in [5, 5.41) is 9.30. The van der Waals surface area contributed by atoms with E-state index in [2.05, 4.69) is 4.99 Å². The van der Waals surface area contributed by atoms with E-state index in [0.717, 1.165) is 0 Å². The Morgan fingerprint density at radius 2 is 1.64 bits per heavy atom. The van der Waals surface area contributed by atoms with Gasteiger partial charge in [0.1, 0.15) is 5.75 Å². The van der Waals surface area contributed by atoms with Crippen molar-refractivity contribution in [1.82, 2.24) is 0 Å². The molecule has 2 aromatic carbocycles. The minimum Gasteiger partial charge on any atom is -0.508 e. The van der Waals surface area contributed by atoms with Crippen molar-refractivity contribution in [3.05, 3.63) is 59.2 Å². The second-order valence-corrected chi connectivity index (χ2v) is 4.99. The van der Waals surface area contributed by atoms with E-state index in [1.165, 1.54) is 24.4 Å². The molecule has 1 N–H and O–H groups in total. The van der Waals surface area contributed by atoms with Crippen molar-refractivity contribution in [3.63, 3.8) is 0 Å². The van der Waals surface area contributed by atoms with Crippen LogP contribution in [0.4, 0.5) is 5.69 Å². The van der Waals surface area contributed by atoms with Crippen molar-refractivity contribution >= 4 is 23.8 Å². The summed E-state index contributed by atoms with van der Waals surface area (Å²) in [6, 6.07) is 11.1. The van der Waals surface area contributed by atoms with E-state index in [-0.39, 0.29) is 30.1 Å². The maximum Gasteiger partial charge on any atom is 0.339 e. The topological polar surface area (TPSA) is 85.2 Å². The maximum atomic E-state index is 12.3. The van der Waals surface area contributed by atoms with Crippen molar-refractivity contribution in [2.75, 3.05) is 13.2 Å². The summed E-state index contributed by atoms with van der Waals surface area (Å²) in [5.41, 5.74) is 1.28. The van der Waals surface area contributed by atoms with Gasteiger partial charge in [-0.25, -0.2) is 9.59 Å². The number of phenolic OH excluding ortho intramolecular Hbond substituents is 1. The standard InChI is InChI=1S/C19H19NO5/c1-3-24-18(22)16-7-5-6-13(17(16)19(23)25-4-2)12-20-14-8-10-15(21)11-9-14/h5-12,21H,3-4H2,1-2H3/b20-12-. The third kappa shape index (κ3) is 4.67. The third-order valence-corrected chi connectivity index (χ3v) is 3.27. The van der Waals surface area contributed by atoms with Gasteiger partial charge in [0, 0.05) is 11.8 Å². The summed E-state index contributed by atoms with van der Waals surface area (Å²) in [6.07, 6.45) is 1.47. The number of carbonyl (C=O) groups is 2. The van der Waals surface area contributed by atoms with Gasteiger partial charge >= 0.3 is 11.9 Å². The molecule has 0 radical (unpaired) electrons. The summed E-state index contributed by atoms with van der Waals surface area (Å²) >= 11 is 0. The Kier molecular flexibility index (Phi) is 6.28. The molecule has 0 atom stereocenters. The Labute approximate surface area is 145 Å². The molecule has 0 saturated carbocycles. The molecule has 2 aromatic rings. The van der Waals surface area contributed by atoms with Crippen molar-refractivity contribution in [3.8, 4) is 5.75 Å². The number of hydrogen-bond acceptors (Lipinski definition) is 6. The van der Waals surface area contributed by atoms with Crippen molar-refractivity contribution in [2.24, 2.45) is 4.99 Å². The first-order chi connectivity index (χ1) is 12.1. The summed E-state index contributed by atoms with van der Waals surface area (Å²) < 4.78 is 10.1. The van der Waals surface area contributed by atoms with Crippen LogP contribution in [0.5, 0.6) is 5.75 Å². The molecule has 0 aliphatic rings. The predicted molar refractivity (Wildman–Crippen MR) is 93.7 cm³/mol.